The van der Waals surface area contributed by atoms with Crippen molar-refractivity contribution in [1.82, 2.24) is 20.9 Å². The molecule has 3 N–H and O–H groups in total. The second-order valence-corrected chi connectivity index (χ2v) is 5.66. The summed E-state index contributed by atoms with van der Waals surface area (Å²) in [5, 5.41) is 9.27. The third kappa shape index (κ3) is 8.12. The van der Waals surface area contributed by atoms with E-state index in [0.29, 0.717) is 37.8 Å². The number of halogens is 1. The van der Waals surface area contributed by atoms with Gasteiger partial charge in [0.05, 0.1) is 18.7 Å². The molecule has 1 heterocycles. The maximum atomic E-state index is 12.0. The van der Waals surface area contributed by atoms with Gasteiger partial charge in [0.25, 0.3) is 5.91 Å². The number of hydrogen-bond donors (Lipinski definition) is 3. The van der Waals surface area contributed by atoms with Gasteiger partial charge in [0, 0.05) is 37.6 Å². The zero-order chi connectivity index (χ0) is 19.3. The van der Waals surface area contributed by atoms with Gasteiger partial charge < -0.3 is 20.7 Å². The van der Waals surface area contributed by atoms with E-state index >= 15 is 0 Å². The number of amides is 1. The van der Waals surface area contributed by atoms with Crippen LogP contribution in [0.3, 0.4) is 0 Å². The van der Waals surface area contributed by atoms with E-state index in [9.17, 15) is 4.79 Å². The van der Waals surface area contributed by atoms with Gasteiger partial charge in [-0.3, -0.25) is 9.78 Å². The van der Waals surface area contributed by atoms with E-state index in [2.05, 4.69) is 25.9 Å². The Hall–Kier alpha value is -2.36. The van der Waals surface area contributed by atoms with Crippen LogP contribution >= 0.6 is 24.0 Å². The predicted octanol–water partition coefficient (Wildman–Crippen LogP) is 2.58. The third-order valence-electron chi connectivity index (χ3n) is 3.65. The molecule has 0 spiro atoms. The first-order valence-corrected chi connectivity index (χ1v) is 9.15. The molecule has 152 valence electrons. The minimum absolute atomic E-state index is 0. The highest BCUT2D eigenvalue weighted by molar-refractivity contribution is 14.0. The maximum absolute atomic E-state index is 12.0. The lowest BCUT2D eigenvalue weighted by Crippen LogP contribution is -2.41. The first kappa shape index (κ1) is 23.7. The minimum Gasteiger partial charge on any atom is -0.494 e. The third-order valence-corrected chi connectivity index (χ3v) is 3.65. The number of nitrogens with zero attached hydrogens (tertiary/aromatic N) is 2. The van der Waals surface area contributed by atoms with E-state index in [1.54, 1.807) is 24.5 Å². The van der Waals surface area contributed by atoms with Crippen molar-refractivity contribution in [2.24, 2.45) is 4.99 Å². The molecule has 2 rings (SSSR count). The first-order valence-electron chi connectivity index (χ1n) is 9.15. The highest BCUT2D eigenvalue weighted by atomic mass is 127. The summed E-state index contributed by atoms with van der Waals surface area (Å²) >= 11 is 0. The van der Waals surface area contributed by atoms with Gasteiger partial charge in [-0.25, -0.2) is 4.99 Å². The van der Waals surface area contributed by atoms with Crippen molar-refractivity contribution in [3.63, 3.8) is 0 Å². The van der Waals surface area contributed by atoms with Crippen molar-refractivity contribution in [2.45, 2.75) is 20.4 Å². The van der Waals surface area contributed by atoms with E-state index in [1.165, 1.54) is 0 Å². The van der Waals surface area contributed by atoms with Gasteiger partial charge in [-0.05, 0) is 32.0 Å². The number of para-hydroxylation sites is 1. The molecule has 0 aliphatic rings. The van der Waals surface area contributed by atoms with Crippen LogP contribution in [0.25, 0.3) is 0 Å². The fraction of sp³-hybridized carbons (Fsp3) is 0.350. The Balaban J connectivity index is 0.00000392. The average molecular weight is 497 g/mol. The zero-order valence-electron chi connectivity index (χ0n) is 16.3. The lowest BCUT2D eigenvalue weighted by Gasteiger charge is -2.13. The standard InChI is InChI=1S/C20H27N5O2.HI/c1-3-22-20(25-15-16-8-5-6-10-18(16)27-4-2)24-13-12-23-19(26)17-9-7-11-21-14-17;/h5-11,14H,3-4,12-13,15H2,1-2H3,(H,23,26)(H2,22,24,25);1H. The number of aliphatic imine (C=N–C) groups is 1. The second-order valence-electron chi connectivity index (χ2n) is 5.66. The predicted molar refractivity (Wildman–Crippen MR) is 122 cm³/mol. The van der Waals surface area contributed by atoms with E-state index in [0.717, 1.165) is 17.9 Å². The number of pyridine rings is 1. The number of nitrogens with one attached hydrogen (secondary N) is 3. The summed E-state index contributed by atoms with van der Waals surface area (Å²) in [6.07, 6.45) is 3.19. The second kappa shape index (κ2) is 13.8. The summed E-state index contributed by atoms with van der Waals surface area (Å²) in [6, 6.07) is 11.4. The first-order chi connectivity index (χ1) is 13.2. The Morgan fingerprint density at radius 1 is 1.07 bits per heavy atom. The van der Waals surface area contributed by atoms with Crippen LogP contribution in [0, 0.1) is 0 Å². The summed E-state index contributed by atoms with van der Waals surface area (Å²) in [5.74, 6) is 1.40. The number of ether oxygens (including phenoxy) is 1. The van der Waals surface area contributed by atoms with E-state index in [1.807, 2.05) is 38.1 Å². The van der Waals surface area contributed by atoms with Crippen molar-refractivity contribution >= 4 is 35.8 Å². The van der Waals surface area contributed by atoms with Crippen molar-refractivity contribution in [3.05, 3.63) is 59.9 Å². The smallest absolute Gasteiger partial charge is 0.252 e. The molecule has 0 aliphatic heterocycles. The van der Waals surface area contributed by atoms with Gasteiger partial charge in [0.2, 0.25) is 0 Å². The topological polar surface area (TPSA) is 87.6 Å². The maximum Gasteiger partial charge on any atom is 0.252 e. The molecule has 0 unspecified atom stereocenters. The number of carbonyl (C=O) groups excluding carboxylic acids is 1. The zero-order valence-corrected chi connectivity index (χ0v) is 18.6. The fourth-order valence-corrected chi connectivity index (χ4v) is 2.39. The van der Waals surface area contributed by atoms with Crippen LogP contribution in [0.2, 0.25) is 0 Å². The minimum atomic E-state index is -0.141. The summed E-state index contributed by atoms with van der Waals surface area (Å²) in [4.78, 5) is 20.5. The van der Waals surface area contributed by atoms with Crippen molar-refractivity contribution < 1.29 is 9.53 Å². The molecule has 7 nitrogen and oxygen atoms in total. The molecule has 0 bridgehead atoms. The van der Waals surface area contributed by atoms with Crippen molar-refractivity contribution in [2.75, 3.05) is 26.2 Å². The number of guanidine groups is 1. The van der Waals surface area contributed by atoms with Crippen LogP contribution in [0.5, 0.6) is 5.75 Å². The Labute approximate surface area is 183 Å². The molecule has 28 heavy (non-hydrogen) atoms. The Kier molecular flexibility index (Phi) is 11.6. The molecule has 0 aliphatic carbocycles. The fourth-order valence-electron chi connectivity index (χ4n) is 2.39. The van der Waals surface area contributed by atoms with Crippen molar-refractivity contribution in [1.29, 1.82) is 0 Å². The Bertz CT molecular complexity index is 740. The molecule has 8 heteroatoms. The molecule has 0 saturated heterocycles. The van der Waals surface area contributed by atoms with Gasteiger partial charge in [-0.15, -0.1) is 24.0 Å². The SMILES string of the molecule is CCNC(=NCc1ccccc1OCC)NCCNC(=O)c1cccnc1.I. The lowest BCUT2D eigenvalue weighted by molar-refractivity contribution is 0.0954. The lowest BCUT2D eigenvalue weighted by atomic mass is 10.2. The number of aromatic nitrogens is 1. The Morgan fingerprint density at radius 2 is 1.86 bits per heavy atom. The molecule has 0 radical (unpaired) electrons. The number of hydrogen-bond acceptors (Lipinski definition) is 4. The number of rotatable bonds is 9. The van der Waals surface area contributed by atoms with Crippen LogP contribution in [-0.2, 0) is 6.54 Å². The summed E-state index contributed by atoms with van der Waals surface area (Å²) in [6.45, 7) is 6.89. The van der Waals surface area contributed by atoms with E-state index < -0.39 is 0 Å². The van der Waals surface area contributed by atoms with Crippen LogP contribution in [-0.4, -0.2) is 43.1 Å². The molecule has 0 atom stereocenters. The van der Waals surface area contributed by atoms with Crippen molar-refractivity contribution in [3.8, 4) is 5.75 Å². The Morgan fingerprint density at radius 3 is 2.57 bits per heavy atom. The van der Waals surface area contributed by atoms with Crippen LogP contribution in [0.1, 0.15) is 29.8 Å². The van der Waals surface area contributed by atoms with Crippen LogP contribution in [0.4, 0.5) is 0 Å². The van der Waals surface area contributed by atoms with Gasteiger partial charge >= 0.3 is 0 Å². The highest BCUT2D eigenvalue weighted by Gasteiger charge is 2.05. The largest absolute Gasteiger partial charge is 0.494 e. The molecule has 1 aromatic heterocycles. The summed E-state index contributed by atoms with van der Waals surface area (Å²) < 4.78 is 5.63. The van der Waals surface area contributed by atoms with Gasteiger partial charge in [-0.1, -0.05) is 18.2 Å². The summed E-state index contributed by atoms with van der Waals surface area (Å²) in [7, 11) is 0. The van der Waals surface area contributed by atoms with Crippen LogP contribution in [0.15, 0.2) is 53.8 Å². The summed E-state index contributed by atoms with van der Waals surface area (Å²) in [5.41, 5.74) is 1.58. The number of benzene rings is 1. The quantitative estimate of drug-likeness (QED) is 0.215. The van der Waals surface area contributed by atoms with E-state index in [-0.39, 0.29) is 29.9 Å². The molecule has 0 saturated carbocycles. The van der Waals surface area contributed by atoms with Gasteiger partial charge in [0.1, 0.15) is 5.75 Å². The van der Waals surface area contributed by atoms with E-state index in [4.69, 9.17) is 4.74 Å². The highest BCUT2D eigenvalue weighted by Crippen LogP contribution is 2.18. The molecule has 0 fully saturated rings. The normalized spacial score (nSPS) is 10.6. The molecule has 1 amide bonds. The molecule has 2 aromatic rings. The van der Waals surface area contributed by atoms with Crippen LogP contribution < -0.4 is 20.7 Å². The van der Waals surface area contributed by atoms with Gasteiger partial charge in [-0.2, -0.15) is 0 Å². The number of carbonyl (C=O) groups is 1. The molecular weight excluding hydrogens is 469 g/mol. The monoisotopic (exact) mass is 497 g/mol. The van der Waals surface area contributed by atoms with Gasteiger partial charge in [0.15, 0.2) is 5.96 Å². The molecular formula is C20H28IN5O2. The average Bonchev–Trinajstić information content (AvgIpc) is 2.71. The molecule has 1 aromatic carbocycles.